The minimum absolute atomic E-state index is 0.0843. The van der Waals surface area contributed by atoms with Gasteiger partial charge in [0.25, 0.3) is 5.69 Å². The summed E-state index contributed by atoms with van der Waals surface area (Å²) in [4.78, 5) is 24.4. The second kappa shape index (κ2) is 3.61. The minimum atomic E-state index is -0.571. The highest BCUT2D eigenvalue weighted by atomic mass is 79.9. The number of hydrogen-bond acceptors (Lipinski definition) is 4. The zero-order chi connectivity index (χ0) is 10.0. The molecule has 0 bridgehead atoms. The number of Topliss-reactive ketones (excluding diaryl/α,β-unsaturated/α-hetero) is 1. The molecular weight excluding hydrogens is 240 g/mol. The maximum atomic E-state index is 10.9. The van der Waals surface area contributed by atoms with Crippen LogP contribution >= 0.6 is 15.9 Å². The molecule has 5 nitrogen and oxygen atoms in total. The van der Waals surface area contributed by atoms with Crippen LogP contribution in [0.1, 0.15) is 17.4 Å². The summed E-state index contributed by atoms with van der Waals surface area (Å²) in [5, 5.41) is 10.4. The number of ketones is 1. The van der Waals surface area contributed by atoms with Crippen LogP contribution in [0.5, 0.6) is 0 Å². The monoisotopic (exact) mass is 244 g/mol. The Labute approximate surface area is 82.1 Å². The maximum Gasteiger partial charge on any atom is 0.274 e. The van der Waals surface area contributed by atoms with Crippen molar-refractivity contribution in [2.75, 3.05) is 0 Å². The molecule has 0 aliphatic heterocycles. The third-order valence-corrected chi connectivity index (χ3v) is 1.76. The van der Waals surface area contributed by atoms with Crippen molar-refractivity contribution in [1.82, 2.24) is 4.98 Å². The fraction of sp³-hybridized carbons (Fsp3) is 0.143. The van der Waals surface area contributed by atoms with E-state index in [1.54, 1.807) is 0 Å². The molecule has 6 heteroatoms. The summed E-state index contributed by atoms with van der Waals surface area (Å²) in [7, 11) is 0. The van der Waals surface area contributed by atoms with Crippen molar-refractivity contribution in [1.29, 1.82) is 0 Å². The van der Waals surface area contributed by atoms with E-state index in [0.717, 1.165) is 6.07 Å². The number of carbonyl (C=O) groups excluding carboxylic acids is 1. The number of rotatable bonds is 2. The molecule has 0 amide bonds. The van der Waals surface area contributed by atoms with E-state index in [0.29, 0.717) is 0 Å². The zero-order valence-electron chi connectivity index (χ0n) is 6.65. The fourth-order valence-electron chi connectivity index (χ4n) is 0.769. The van der Waals surface area contributed by atoms with Crippen molar-refractivity contribution in [2.24, 2.45) is 0 Å². The van der Waals surface area contributed by atoms with Crippen LogP contribution in [0.2, 0.25) is 0 Å². The summed E-state index contributed by atoms with van der Waals surface area (Å²) >= 11 is 2.98. The fourth-order valence-corrected chi connectivity index (χ4v) is 1.19. The van der Waals surface area contributed by atoms with Crippen LogP contribution in [0.3, 0.4) is 0 Å². The molecule has 0 aliphatic carbocycles. The van der Waals surface area contributed by atoms with E-state index >= 15 is 0 Å². The Hall–Kier alpha value is -1.30. The van der Waals surface area contributed by atoms with Crippen molar-refractivity contribution in [3.63, 3.8) is 0 Å². The number of nitro groups is 1. The van der Waals surface area contributed by atoms with Gasteiger partial charge in [-0.2, -0.15) is 0 Å². The predicted molar refractivity (Wildman–Crippen MR) is 48.6 cm³/mol. The molecule has 68 valence electrons. The van der Waals surface area contributed by atoms with Gasteiger partial charge in [-0.25, -0.2) is 4.98 Å². The molecule has 0 saturated heterocycles. The third kappa shape index (κ3) is 2.32. The largest absolute Gasteiger partial charge is 0.293 e. The Kier molecular flexibility index (Phi) is 2.72. The molecule has 0 fully saturated rings. The maximum absolute atomic E-state index is 10.9. The first kappa shape index (κ1) is 9.79. The minimum Gasteiger partial charge on any atom is -0.293 e. The van der Waals surface area contributed by atoms with Crippen molar-refractivity contribution >= 4 is 27.4 Å². The van der Waals surface area contributed by atoms with Crippen LogP contribution in [0, 0.1) is 10.1 Å². The molecule has 0 N–H and O–H groups in total. The van der Waals surface area contributed by atoms with Gasteiger partial charge in [0.15, 0.2) is 5.78 Å². The van der Waals surface area contributed by atoms with Crippen LogP contribution in [0.15, 0.2) is 16.7 Å². The standard InChI is InChI=1S/C7H5BrN2O3/c1-4(11)6-2-5(10(12)13)3-7(8)9-6/h2-3H,1H3. The summed E-state index contributed by atoms with van der Waals surface area (Å²) in [6.45, 7) is 1.30. The summed E-state index contributed by atoms with van der Waals surface area (Å²) < 4.78 is 0.284. The summed E-state index contributed by atoms with van der Waals surface area (Å²) in [5.74, 6) is -0.301. The van der Waals surface area contributed by atoms with Crippen LogP contribution < -0.4 is 0 Å². The Balaban J connectivity index is 3.26. The van der Waals surface area contributed by atoms with Gasteiger partial charge in [0, 0.05) is 19.1 Å². The topological polar surface area (TPSA) is 73.1 Å². The molecule has 0 atom stereocenters. The average Bonchev–Trinajstić information content (AvgIpc) is 2.03. The lowest BCUT2D eigenvalue weighted by Crippen LogP contribution is -1.99. The van der Waals surface area contributed by atoms with Gasteiger partial charge < -0.3 is 0 Å². The molecule has 1 heterocycles. The van der Waals surface area contributed by atoms with Crippen molar-refractivity contribution < 1.29 is 9.72 Å². The van der Waals surface area contributed by atoms with Gasteiger partial charge in [-0.15, -0.1) is 0 Å². The van der Waals surface area contributed by atoms with E-state index in [1.807, 2.05) is 0 Å². The highest BCUT2D eigenvalue weighted by Crippen LogP contribution is 2.18. The molecule has 0 saturated carbocycles. The van der Waals surface area contributed by atoms with Gasteiger partial charge in [0.2, 0.25) is 0 Å². The normalized spacial score (nSPS) is 9.69. The lowest BCUT2D eigenvalue weighted by atomic mass is 10.2. The van der Waals surface area contributed by atoms with Gasteiger partial charge in [-0.1, -0.05) is 0 Å². The predicted octanol–water partition coefficient (Wildman–Crippen LogP) is 1.95. The molecule has 0 unspecified atom stereocenters. The van der Waals surface area contributed by atoms with Gasteiger partial charge >= 0.3 is 0 Å². The number of aromatic nitrogens is 1. The summed E-state index contributed by atoms with van der Waals surface area (Å²) in [6.07, 6.45) is 0. The first-order valence-electron chi connectivity index (χ1n) is 3.33. The lowest BCUT2D eigenvalue weighted by molar-refractivity contribution is -0.385. The highest BCUT2D eigenvalue weighted by molar-refractivity contribution is 9.10. The smallest absolute Gasteiger partial charge is 0.274 e. The van der Waals surface area contributed by atoms with E-state index in [4.69, 9.17) is 0 Å². The third-order valence-electron chi connectivity index (χ3n) is 1.35. The molecule has 1 aromatic rings. The van der Waals surface area contributed by atoms with Gasteiger partial charge in [-0.3, -0.25) is 14.9 Å². The molecule has 1 aromatic heterocycles. The number of pyridine rings is 1. The van der Waals surface area contributed by atoms with E-state index in [-0.39, 0.29) is 21.8 Å². The SMILES string of the molecule is CC(=O)c1cc([N+](=O)[O-])cc(Br)n1. The number of carbonyl (C=O) groups is 1. The Bertz CT molecular complexity index is 346. The molecule has 1 rings (SSSR count). The van der Waals surface area contributed by atoms with Gasteiger partial charge in [0.1, 0.15) is 10.3 Å². The number of halogens is 1. The molecule has 0 aromatic carbocycles. The van der Waals surface area contributed by atoms with Crippen LogP contribution in [0.4, 0.5) is 5.69 Å². The van der Waals surface area contributed by atoms with Crippen LogP contribution in [-0.4, -0.2) is 15.7 Å². The Morgan fingerprint density at radius 3 is 2.69 bits per heavy atom. The lowest BCUT2D eigenvalue weighted by Gasteiger charge is -1.96. The van der Waals surface area contributed by atoms with E-state index in [2.05, 4.69) is 20.9 Å². The highest BCUT2D eigenvalue weighted by Gasteiger charge is 2.11. The van der Waals surface area contributed by atoms with Crippen molar-refractivity contribution in [3.8, 4) is 0 Å². The van der Waals surface area contributed by atoms with Crippen LogP contribution in [0.25, 0.3) is 0 Å². The zero-order valence-corrected chi connectivity index (χ0v) is 8.24. The second-order valence-corrected chi connectivity index (χ2v) is 3.16. The Morgan fingerprint density at radius 2 is 2.23 bits per heavy atom. The average molecular weight is 245 g/mol. The van der Waals surface area contributed by atoms with E-state index in [9.17, 15) is 14.9 Å². The quantitative estimate of drug-likeness (QED) is 0.345. The second-order valence-electron chi connectivity index (χ2n) is 2.35. The number of nitrogens with zero attached hydrogens (tertiary/aromatic N) is 2. The first-order valence-corrected chi connectivity index (χ1v) is 4.13. The first-order chi connectivity index (χ1) is 6.00. The van der Waals surface area contributed by atoms with E-state index < -0.39 is 4.92 Å². The summed E-state index contributed by atoms with van der Waals surface area (Å²) in [6, 6.07) is 2.39. The molecule has 0 radical (unpaired) electrons. The van der Waals surface area contributed by atoms with Gasteiger partial charge in [0.05, 0.1) is 4.92 Å². The molecule has 0 aliphatic rings. The van der Waals surface area contributed by atoms with Gasteiger partial charge in [-0.05, 0) is 15.9 Å². The molecular formula is C7H5BrN2O3. The molecule has 0 spiro atoms. The molecule has 13 heavy (non-hydrogen) atoms. The Morgan fingerprint density at radius 1 is 1.62 bits per heavy atom. The summed E-state index contributed by atoms with van der Waals surface area (Å²) in [5.41, 5.74) is -0.0619. The number of hydrogen-bond donors (Lipinski definition) is 0. The van der Waals surface area contributed by atoms with Crippen molar-refractivity contribution in [3.05, 3.63) is 32.5 Å². The van der Waals surface area contributed by atoms with Crippen molar-refractivity contribution in [2.45, 2.75) is 6.92 Å². The van der Waals surface area contributed by atoms with E-state index in [1.165, 1.54) is 13.0 Å². The van der Waals surface area contributed by atoms with Crippen LogP contribution in [-0.2, 0) is 0 Å².